The van der Waals surface area contributed by atoms with Crippen LogP contribution in [-0.4, -0.2) is 49.2 Å². The van der Waals surface area contributed by atoms with Gasteiger partial charge in [-0.1, -0.05) is 32.2 Å². The summed E-state index contributed by atoms with van der Waals surface area (Å²) in [6.07, 6.45) is 3.81. The first-order valence-corrected chi connectivity index (χ1v) is 14.5. The smallest absolute Gasteiger partial charge is 0.342 e. The Bertz CT molecular complexity index is 2000. The fourth-order valence-electron chi connectivity index (χ4n) is 6.73. The third-order valence-corrected chi connectivity index (χ3v) is 9.20. The molecule has 2 aromatic heterocycles. The molecular formula is C35H34N4O5. The molecule has 6 rings (SSSR count). The molecule has 0 fully saturated rings. The molecule has 0 amide bonds. The minimum Gasteiger partial charge on any atom is -0.506 e. The van der Waals surface area contributed by atoms with Crippen molar-refractivity contribution in [3.8, 4) is 0 Å². The summed E-state index contributed by atoms with van der Waals surface area (Å²) in [5, 5.41) is 21.1. The van der Waals surface area contributed by atoms with E-state index in [2.05, 4.69) is 23.1 Å². The average molecular weight is 591 g/mol. The van der Waals surface area contributed by atoms with E-state index in [-0.39, 0.29) is 29.6 Å². The Labute approximate surface area is 254 Å². The van der Waals surface area contributed by atoms with Gasteiger partial charge in [0, 0.05) is 57.4 Å². The number of allylic oxidation sites excluding steroid dienone is 6. The Morgan fingerprint density at radius 2 is 1.57 bits per heavy atom. The van der Waals surface area contributed by atoms with Crippen LogP contribution in [0.4, 0.5) is 0 Å². The van der Waals surface area contributed by atoms with Crippen LogP contribution in [0.5, 0.6) is 0 Å². The maximum atomic E-state index is 13.2. The van der Waals surface area contributed by atoms with Crippen LogP contribution in [0.1, 0.15) is 96.3 Å². The number of aliphatic hydroxyl groups is 1. The van der Waals surface area contributed by atoms with Gasteiger partial charge >= 0.3 is 11.9 Å². The summed E-state index contributed by atoms with van der Waals surface area (Å²) < 4.78 is 5.13. The molecule has 3 aliphatic heterocycles. The Morgan fingerprint density at radius 1 is 0.955 bits per heavy atom. The zero-order chi connectivity index (χ0) is 31.6. The number of H-pyrrole nitrogens is 2. The van der Waals surface area contributed by atoms with E-state index in [1.807, 2.05) is 45.9 Å². The molecular weight excluding hydrogens is 556 g/mol. The van der Waals surface area contributed by atoms with Crippen molar-refractivity contribution in [3.05, 3.63) is 94.4 Å². The number of aliphatic carboxylic acids is 1. The van der Waals surface area contributed by atoms with Gasteiger partial charge in [-0.25, -0.2) is 14.8 Å². The minimum atomic E-state index is -0.914. The molecule has 2 unspecified atom stereocenters. The number of hydrogen-bond acceptors (Lipinski definition) is 6. The maximum absolute atomic E-state index is 13.2. The monoisotopic (exact) mass is 590 g/mol. The molecule has 4 aliphatic rings. The molecule has 2 aromatic rings. The summed E-state index contributed by atoms with van der Waals surface area (Å²) in [5.74, 6) is -2.24. The number of carbonyl (C=O) groups excluding carboxylic acids is 1. The quantitative estimate of drug-likeness (QED) is 0.260. The first-order chi connectivity index (χ1) is 21.0. The molecule has 224 valence electrons. The van der Waals surface area contributed by atoms with Gasteiger partial charge in [-0.15, -0.1) is 0 Å². The molecule has 0 aromatic carbocycles. The van der Waals surface area contributed by atoms with E-state index in [0.29, 0.717) is 40.0 Å². The van der Waals surface area contributed by atoms with Crippen LogP contribution >= 0.6 is 0 Å². The van der Waals surface area contributed by atoms with Gasteiger partial charge in [0.25, 0.3) is 0 Å². The summed E-state index contributed by atoms with van der Waals surface area (Å²) in [5.41, 5.74) is 11.1. The van der Waals surface area contributed by atoms with Crippen molar-refractivity contribution in [2.24, 2.45) is 0 Å². The predicted molar refractivity (Wildman–Crippen MR) is 172 cm³/mol. The number of hydrogen-bond donors (Lipinski definition) is 4. The van der Waals surface area contributed by atoms with Crippen molar-refractivity contribution in [1.82, 2.24) is 19.9 Å². The van der Waals surface area contributed by atoms with Crippen LogP contribution < -0.4 is 0 Å². The number of methoxy groups -OCH3 is 1. The molecule has 4 N–H and O–H groups in total. The fourth-order valence-corrected chi connectivity index (χ4v) is 6.73. The lowest BCUT2D eigenvalue weighted by molar-refractivity contribution is -0.137. The second-order valence-electron chi connectivity index (χ2n) is 11.5. The number of esters is 1. The highest BCUT2D eigenvalue weighted by Gasteiger charge is 2.39. The fraction of sp³-hybridized carbons (Fsp3) is 0.257. The number of aryl methyl sites for hydroxylation is 1. The standard InChI is InChI=1S/C35H34N4O5/c1-8-19-15(3)22-12-24-17(5)21(10-11-28(40)41)32(38-24)30-31(35(43)44-7)34(42)29-18(6)25(39-33(29)30)14-27-20(9-2)16(4)23(37-27)13-26(19)36-22/h8-9,12-14,17,21,38-39,42H,1-2,10-11H2,3-7H3,(H,40,41). The number of aromatic nitrogens is 4. The van der Waals surface area contributed by atoms with E-state index >= 15 is 0 Å². The largest absolute Gasteiger partial charge is 0.506 e. The first-order valence-electron chi connectivity index (χ1n) is 14.5. The lowest BCUT2D eigenvalue weighted by Crippen LogP contribution is -2.10. The average Bonchev–Trinajstić information content (AvgIpc) is 3.72. The number of ether oxygens (including phenoxy) is 1. The Morgan fingerprint density at radius 3 is 2.16 bits per heavy atom. The number of nitrogens with zero attached hydrogens (tertiary/aromatic N) is 2. The Kier molecular flexibility index (Phi) is 6.91. The van der Waals surface area contributed by atoms with Crippen LogP contribution in [0.2, 0.25) is 0 Å². The van der Waals surface area contributed by atoms with Gasteiger partial charge in [-0.2, -0.15) is 0 Å². The molecule has 2 atom stereocenters. The molecule has 44 heavy (non-hydrogen) atoms. The van der Waals surface area contributed by atoms with Crippen molar-refractivity contribution < 1.29 is 24.5 Å². The summed E-state index contributed by atoms with van der Waals surface area (Å²) in [4.78, 5) is 41.8. The number of carboxylic acid groups (broad SMARTS) is 1. The zero-order valence-corrected chi connectivity index (χ0v) is 25.4. The van der Waals surface area contributed by atoms with Crippen molar-refractivity contribution in [2.45, 2.75) is 52.4 Å². The molecule has 5 heterocycles. The summed E-state index contributed by atoms with van der Waals surface area (Å²) in [6, 6.07) is 5.84. The van der Waals surface area contributed by atoms with E-state index in [0.717, 1.165) is 50.6 Å². The topological polar surface area (TPSA) is 141 Å². The number of nitrogens with one attached hydrogen (secondary N) is 2. The summed E-state index contributed by atoms with van der Waals surface area (Å²) in [6.45, 7) is 16.0. The highest BCUT2D eigenvalue weighted by Crippen LogP contribution is 2.49. The van der Waals surface area contributed by atoms with Crippen LogP contribution in [-0.2, 0) is 14.3 Å². The van der Waals surface area contributed by atoms with Crippen molar-refractivity contribution in [3.63, 3.8) is 0 Å². The van der Waals surface area contributed by atoms with Gasteiger partial charge in [0.05, 0.1) is 35.4 Å². The number of aromatic amines is 2. The number of carboxylic acids is 1. The van der Waals surface area contributed by atoms with E-state index in [4.69, 9.17) is 14.7 Å². The molecule has 0 saturated heterocycles. The third-order valence-electron chi connectivity index (χ3n) is 9.20. The molecule has 0 saturated carbocycles. The molecule has 0 spiro atoms. The molecule has 9 heteroatoms. The maximum Gasteiger partial charge on any atom is 0.342 e. The van der Waals surface area contributed by atoms with Gasteiger partial charge in [-0.05, 0) is 62.1 Å². The van der Waals surface area contributed by atoms with Gasteiger partial charge in [-0.3, -0.25) is 4.79 Å². The Hall–Kier alpha value is -5.18. The lowest BCUT2D eigenvalue weighted by Gasteiger charge is -2.17. The van der Waals surface area contributed by atoms with Crippen LogP contribution in [0.3, 0.4) is 0 Å². The van der Waals surface area contributed by atoms with Crippen molar-refractivity contribution in [2.75, 3.05) is 7.11 Å². The minimum absolute atomic E-state index is 0.0329. The molecule has 1 aliphatic carbocycles. The van der Waals surface area contributed by atoms with Crippen LogP contribution in [0.15, 0.2) is 43.5 Å². The van der Waals surface area contributed by atoms with E-state index in [1.165, 1.54) is 7.11 Å². The second-order valence-corrected chi connectivity index (χ2v) is 11.5. The number of aliphatic hydroxyl groups excluding tert-OH is 1. The van der Waals surface area contributed by atoms with E-state index < -0.39 is 11.9 Å². The van der Waals surface area contributed by atoms with Gasteiger partial charge in [0.15, 0.2) is 0 Å². The zero-order valence-electron chi connectivity index (χ0n) is 25.4. The molecule has 0 radical (unpaired) electrons. The summed E-state index contributed by atoms with van der Waals surface area (Å²) in [7, 11) is 1.27. The molecule has 9 nitrogen and oxygen atoms in total. The van der Waals surface area contributed by atoms with Gasteiger partial charge in [0.2, 0.25) is 0 Å². The van der Waals surface area contributed by atoms with E-state index in [1.54, 1.807) is 12.2 Å². The van der Waals surface area contributed by atoms with Gasteiger partial charge < -0.3 is 24.9 Å². The van der Waals surface area contributed by atoms with E-state index in [9.17, 15) is 19.8 Å². The lowest BCUT2D eigenvalue weighted by atomic mass is 9.85. The normalized spacial score (nSPS) is 18.1. The van der Waals surface area contributed by atoms with Crippen LogP contribution in [0.25, 0.3) is 44.7 Å². The SMILES string of the molecule is C=CC1=C(C)c2cc3[nH]c(c4c5[nH]c(cc6nc(cc1n2)C(C)=C6C=C)c(C)c5C(O)=C4C(=O)OC)C(CCC(=O)O)C3C. The summed E-state index contributed by atoms with van der Waals surface area (Å²) >= 11 is 0. The predicted octanol–water partition coefficient (Wildman–Crippen LogP) is 7.24. The van der Waals surface area contributed by atoms with Crippen LogP contribution in [0, 0.1) is 6.92 Å². The van der Waals surface area contributed by atoms with Crippen molar-refractivity contribution >= 4 is 56.6 Å². The van der Waals surface area contributed by atoms with Gasteiger partial charge in [0.1, 0.15) is 11.3 Å². The highest BCUT2D eigenvalue weighted by atomic mass is 16.5. The number of rotatable bonds is 6. The third kappa shape index (κ3) is 4.22. The Balaban J connectivity index is 1.82. The molecule has 8 bridgehead atoms. The van der Waals surface area contributed by atoms with Crippen molar-refractivity contribution in [1.29, 1.82) is 0 Å². The highest BCUT2D eigenvalue weighted by molar-refractivity contribution is 6.30. The first kappa shape index (κ1) is 28.9. The number of fused-ring (bicyclic) bond motifs is 8. The second kappa shape index (κ2) is 10.5. The number of carbonyl (C=O) groups is 2.